The summed E-state index contributed by atoms with van der Waals surface area (Å²) in [6.45, 7) is 0. The van der Waals surface area contributed by atoms with Crippen LogP contribution in [0.3, 0.4) is 0 Å². The number of nitrogens with one attached hydrogen (secondary N) is 2. The normalized spacial score (nSPS) is 17.6. The first-order valence-corrected chi connectivity index (χ1v) is 13.0. The number of nitrogens with zero attached hydrogens (tertiary/aromatic N) is 2. The van der Waals surface area contributed by atoms with Crippen LogP contribution in [0, 0.1) is 0 Å². The van der Waals surface area contributed by atoms with Crippen LogP contribution in [0.15, 0.2) is 76.7 Å². The summed E-state index contributed by atoms with van der Waals surface area (Å²) in [6, 6.07) is 16.8. The first-order chi connectivity index (χ1) is 16.3. The van der Waals surface area contributed by atoms with E-state index in [1.807, 2.05) is 0 Å². The summed E-state index contributed by atoms with van der Waals surface area (Å²) in [6.07, 6.45) is 2.08. The molecule has 3 aromatic rings. The average molecular weight is 514 g/mol. The summed E-state index contributed by atoms with van der Waals surface area (Å²) in [5.41, 5.74) is 2.15. The zero-order valence-corrected chi connectivity index (χ0v) is 19.6. The van der Waals surface area contributed by atoms with Gasteiger partial charge in [0, 0.05) is 17.4 Å². The fraction of sp³-hybridized carbons (Fsp3) is 0.0455. The third kappa shape index (κ3) is 3.28. The van der Waals surface area contributed by atoms with E-state index in [1.54, 1.807) is 60.7 Å². The molecule has 5 rings (SSSR count). The number of benzene rings is 2. The molecule has 0 fully saturated rings. The minimum absolute atomic E-state index is 0.0179. The van der Waals surface area contributed by atoms with Gasteiger partial charge in [0.15, 0.2) is 4.45 Å². The molecule has 2 aliphatic rings. The van der Waals surface area contributed by atoms with Gasteiger partial charge < -0.3 is 10.6 Å². The lowest BCUT2D eigenvalue weighted by Crippen LogP contribution is -2.46. The summed E-state index contributed by atoms with van der Waals surface area (Å²) in [5, 5.41) is 10.4. The van der Waals surface area contributed by atoms with Gasteiger partial charge in [-0.05, 0) is 45.9 Å². The number of anilines is 2. The van der Waals surface area contributed by atoms with Crippen LogP contribution in [0.2, 0.25) is 0 Å². The third-order valence-electron chi connectivity index (χ3n) is 5.51. The van der Waals surface area contributed by atoms with Crippen LogP contribution in [-0.4, -0.2) is 35.2 Å². The number of pyridine rings is 1. The van der Waals surface area contributed by atoms with Crippen LogP contribution < -0.4 is 15.8 Å². The van der Waals surface area contributed by atoms with Crippen molar-refractivity contribution in [2.45, 2.75) is 9.64 Å². The molecule has 2 amide bonds. The van der Waals surface area contributed by atoms with Crippen molar-refractivity contribution in [1.29, 1.82) is 0 Å². The quantitative estimate of drug-likeness (QED) is 0.208. The van der Waals surface area contributed by atoms with Crippen LogP contribution in [0.4, 0.5) is 16.3 Å². The molecule has 12 heteroatoms. The Hall–Kier alpha value is -3.38. The zero-order valence-electron chi connectivity index (χ0n) is 17.2. The second-order valence-electron chi connectivity index (χ2n) is 7.40. The molecule has 172 valence electrons. The van der Waals surface area contributed by atoms with Gasteiger partial charge in [0.2, 0.25) is 16.4 Å². The van der Waals surface area contributed by atoms with E-state index < -0.39 is 30.5 Å². The lowest BCUT2D eigenvalue weighted by atomic mass is 9.74. The van der Waals surface area contributed by atoms with E-state index in [0.29, 0.717) is 40.3 Å². The highest BCUT2D eigenvalue weighted by atomic mass is 35.5. The van der Waals surface area contributed by atoms with Crippen molar-refractivity contribution >= 4 is 65.4 Å². The van der Waals surface area contributed by atoms with E-state index in [2.05, 4.69) is 20.6 Å². The van der Waals surface area contributed by atoms with Gasteiger partial charge in [-0.1, -0.05) is 48.0 Å². The fourth-order valence-electron chi connectivity index (χ4n) is 4.29. The number of hydrogen-bond donors (Lipinski definition) is 3. The van der Waals surface area contributed by atoms with Crippen LogP contribution in [0.25, 0.3) is 0 Å². The zero-order chi connectivity index (χ0) is 24.1. The summed E-state index contributed by atoms with van der Waals surface area (Å²) in [4.78, 5) is 33.1. The largest absolute Gasteiger partial charge is 0.329 e. The number of sulfonamides is 1. The van der Waals surface area contributed by atoms with E-state index in [4.69, 9.17) is 16.7 Å². The Labute approximate surface area is 202 Å². The molecule has 1 atom stereocenters. The second-order valence-corrected chi connectivity index (χ2v) is 11.5. The number of hydrogen-bond acceptors (Lipinski definition) is 6. The summed E-state index contributed by atoms with van der Waals surface area (Å²) < 4.78 is 23.6. The summed E-state index contributed by atoms with van der Waals surface area (Å²) in [5.74, 6) is 0.319. The first kappa shape index (κ1) is 22.4. The minimum atomic E-state index is -4.08. The standard InChI is InChI=1S/C22H16ClN5O4S2/c23-20-28-19(13-5-3-6-14(11-13)26-12-29)22(15-7-4-8-16(22)18(15)34(24,31)32)33(20)21(30)27-17-9-1-2-10-25-17/h1-12H,(H,26,29)(H2,24,31,32)(H,25,27,30). The number of primary sulfonamides is 1. The molecule has 1 unspecified atom stereocenters. The highest BCUT2D eigenvalue weighted by molar-refractivity contribution is 8.31. The number of fused-ring (bicyclic) bond motifs is 4. The molecule has 1 aliphatic heterocycles. The molecule has 34 heavy (non-hydrogen) atoms. The van der Waals surface area contributed by atoms with Crippen molar-refractivity contribution in [2.24, 2.45) is 10.1 Å². The van der Waals surface area contributed by atoms with Crippen molar-refractivity contribution < 1.29 is 18.0 Å². The average Bonchev–Trinajstić information content (AvgIpc) is 3.14. The summed E-state index contributed by atoms with van der Waals surface area (Å²) >= 11 is 6.59. The maximum absolute atomic E-state index is 13.5. The van der Waals surface area contributed by atoms with Crippen molar-refractivity contribution in [2.75, 3.05) is 10.6 Å². The number of carbonyl (C=O) groups is 2. The number of amides is 2. The number of aromatic nitrogens is 1. The highest BCUT2D eigenvalue weighted by Gasteiger charge is 2.60. The SMILES string of the molecule is NS(=O)(=O)c1c2cccc1C21C(c2cccc(NC=O)c2)=NC(Cl)=S1C(=O)Nc1ccccn1. The Bertz CT molecular complexity index is 1520. The number of aliphatic imine (C=N–C) groups is 1. The molecule has 0 radical (unpaired) electrons. The van der Waals surface area contributed by atoms with E-state index in [1.165, 1.54) is 6.20 Å². The van der Waals surface area contributed by atoms with Gasteiger partial charge in [0.05, 0.1) is 10.6 Å². The molecule has 2 heterocycles. The van der Waals surface area contributed by atoms with Crippen molar-refractivity contribution in [3.63, 3.8) is 0 Å². The number of halogens is 1. The smallest absolute Gasteiger partial charge is 0.283 e. The molecule has 1 aliphatic carbocycles. The fourth-order valence-corrected chi connectivity index (χ4v) is 8.33. The lowest BCUT2D eigenvalue weighted by Gasteiger charge is -2.44. The van der Waals surface area contributed by atoms with E-state index in [-0.39, 0.29) is 9.34 Å². The van der Waals surface area contributed by atoms with Crippen LogP contribution in [0.5, 0.6) is 0 Å². The molecular formula is C22H16ClN5O4S2. The Kier molecular flexibility index (Phi) is 5.36. The van der Waals surface area contributed by atoms with E-state index >= 15 is 0 Å². The molecular weight excluding hydrogens is 498 g/mol. The number of carbonyl (C=O) groups excluding carboxylic acids is 2. The molecule has 4 N–H and O–H groups in total. The predicted molar refractivity (Wildman–Crippen MR) is 133 cm³/mol. The van der Waals surface area contributed by atoms with Crippen molar-refractivity contribution in [3.8, 4) is 0 Å². The molecule has 9 nitrogen and oxygen atoms in total. The van der Waals surface area contributed by atoms with Crippen LogP contribution in [0.1, 0.15) is 16.7 Å². The van der Waals surface area contributed by atoms with Gasteiger partial charge in [0.1, 0.15) is 10.6 Å². The van der Waals surface area contributed by atoms with Crippen molar-refractivity contribution in [1.82, 2.24) is 4.98 Å². The number of rotatable bonds is 5. The van der Waals surface area contributed by atoms with Crippen LogP contribution >= 0.6 is 22.1 Å². The molecule has 1 aromatic heterocycles. The maximum Gasteiger partial charge on any atom is 0.283 e. The summed E-state index contributed by atoms with van der Waals surface area (Å²) in [7, 11) is -5.52. The van der Waals surface area contributed by atoms with E-state index in [0.717, 1.165) is 0 Å². The predicted octanol–water partition coefficient (Wildman–Crippen LogP) is 3.18. The second kappa shape index (κ2) is 8.13. The van der Waals surface area contributed by atoms with Gasteiger partial charge in [-0.3, -0.25) is 9.59 Å². The minimum Gasteiger partial charge on any atom is -0.329 e. The van der Waals surface area contributed by atoms with Gasteiger partial charge in [-0.25, -0.2) is 23.5 Å². The van der Waals surface area contributed by atoms with Gasteiger partial charge in [0.25, 0.3) is 5.24 Å². The molecule has 1 spiro atoms. The van der Waals surface area contributed by atoms with Gasteiger partial charge in [-0.2, -0.15) is 0 Å². The maximum atomic E-state index is 13.5. The number of nitrogens with two attached hydrogens (primary N) is 1. The Morgan fingerprint density at radius 2 is 1.82 bits per heavy atom. The lowest BCUT2D eigenvalue weighted by molar-refractivity contribution is -0.105. The first-order valence-electron chi connectivity index (χ1n) is 9.84. The molecule has 0 saturated carbocycles. The molecule has 2 aromatic carbocycles. The van der Waals surface area contributed by atoms with Crippen LogP contribution in [-0.2, 0) is 19.6 Å². The highest BCUT2D eigenvalue weighted by Crippen LogP contribution is 2.63. The van der Waals surface area contributed by atoms with Gasteiger partial charge >= 0.3 is 0 Å². The Morgan fingerprint density at radius 3 is 2.47 bits per heavy atom. The third-order valence-corrected chi connectivity index (χ3v) is 9.21. The van der Waals surface area contributed by atoms with E-state index in [9.17, 15) is 18.0 Å². The molecule has 2 bridgehead atoms. The van der Waals surface area contributed by atoms with Gasteiger partial charge in [-0.15, -0.1) is 0 Å². The van der Waals surface area contributed by atoms with Crippen molar-refractivity contribution in [3.05, 3.63) is 83.6 Å². The topological polar surface area (TPSA) is 144 Å². The Balaban J connectivity index is 1.69. The monoisotopic (exact) mass is 513 g/mol. The Morgan fingerprint density at radius 1 is 1.09 bits per heavy atom. The molecule has 0 saturated heterocycles.